The molecule has 1 N–H and O–H groups in total. The zero-order valence-corrected chi connectivity index (χ0v) is 19.6. The second-order valence-corrected chi connectivity index (χ2v) is 9.24. The fraction of sp³-hybridized carbons (Fsp3) is 0.483. The second kappa shape index (κ2) is 12.0. The molecular formula is C29H37FO2. The highest BCUT2D eigenvalue weighted by Gasteiger charge is 2.23. The van der Waals surface area contributed by atoms with Crippen LogP contribution in [0.1, 0.15) is 105 Å². The number of hydrogen-bond donors (Lipinski definition) is 1. The van der Waals surface area contributed by atoms with Crippen molar-refractivity contribution >= 4 is 11.8 Å². The molecular weight excluding hydrogens is 399 g/mol. The van der Waals surface area contributed by atoms with Crippen molar-refractivity contribution in [3.63, 3.8) is 0 Å². The van der Waals surface area contributed by atoms with Crippen LogP contribution in [-0.2, 0) is 0 Å². The van der Waals surface area contributed by atoms with Crippen LogP contribution in [0.15, 0.2) is 48.5 Å². The molecule has 0 saturated heterocycles. The zero-order chi connectivity index (χ0) is 22.9. The summed E-state index contributed by atoms with van der Waals surface area (Å²) in [6, 6.07) is 13.0. The van der Waals surface area contributed by atoms with Gasteiger partial charge < -0.3 is 5.11 Å². The van der Waals surface area contributed by atoms with Gasteiger partial charge in [0.1, 0.15) is 5.83 Å². The van der Waals surface area contributed by atoms with Crippen LogP contribution in [0.25, 0.3) is 17.0 Å². The third kappa shape index (κ3) is 6.31. The van der Waals surface area contributed by atoms with Gasteiger partial charge in [-0.1, -0.05) is 82.3 Å². The summed E-state index contributed by atoms with van der Waals surface area (Å²) in [6.07, 6.45) is 13.4. The molecule has 3 rings (SSSR count). The van der Waals surface area contributed by atoms with Gasteiger partial charge in [-0.25, -0.2) is 9.18 Å². The molecule has 3 heteroatoms. The highest BCUT2D eigenvalue weighted by Crippen LogP contribution is 2.39. The summed E-state index contributed by atoms with van der Waals surface area (Å²) in [5.41, 5.74) is 3.62. The molecule has 0 aromatic heterocycles. The lowest BCUT2D eigenvalue weighted by atomic mass is 9.76. The highest BCUT2D eigenvalue weighted by molar-refractivity contribution is 5.96. The Balaban J connectivity index is 1.78. The quantitative estimate of drug-likeness (QED) is 0.377. The molecule has 1 aliphatic rings. The van der Waals surface area contributed by atoms with Gasteiger partial charge in [0, 0.05) is 5.56 Å². The Labute approximate surface area is 192 Å². The van der Waals surface area contributed by atoms with Crippen LogP contribution < -0.4 is 0 Å². The number of rotatable bonds is 10. The zero-order valence-electron chi connectivity index (χ0n) is 19.6. The highest BCUT2D eigenvalue weighted by atomic mass is 19.1. The van der Waals surface area contributed by atoms with Crippen molar-refractivity contribution in [1.82, 2.24) is 0 Å². The van der Waals surface area contributed by atoms with E-state index in [1.54, 1.807) is 24.3 Å². The van der Waals surface area contributed by atoms with Crippen LogP contribution in [0.4, 0.5) is 4.39 Å². The first kappa shape index (κ1) is 24.2. The second-order valence-electron chi connectivity index (χ2n) is 9.24. The van der Waals surface area contributed by atoms with Crippen LogP contribution in [-0.4, -0.2) is 11.1 Å². The van der Waals surface area contributed by atoms with Crippen LogP contribution in [0.2, 0.25) is 0 Å². The summed E-state index contributed by atoms with van der Waals surface area (Å²) in [5.74, 6) is 0.192. The van der Waals surface area contributed by atoms with Gasteiger partial charge in [-0.15, -0.1) is 0 Å². The van der Waals surface area contributed by atoms with E-state index in [-0.39, 0.29) is 5.83 Å². The van der Waals surface area contributed by atoms with Crippen LogP contribution in [0, 0.1) is 5.92 Å². The summed E-state index contributed by atoms with van der Waals surface area (Å²) in [7, 11) is 0. The summed E-state index contributed by atoms with van der Waals surface area (Å²) in [5, 5.41) is 9.74. The number of allylic oxidation sites excluding steroid dienone is 1. The summed E-state index contributed by atoms with van der Waals surface area (Å²) >= 11 is 0. The van der Waals surface area contributed by atoms with Gasteiger partial charge in [0.15, 0.2) is 0 Å². The third-order valence-corrected chi connectivity index (χ3v) is 6.89. The minimum absolute atomic E-state index is 0.221. The van der Waals surface area contributed by atoms with E-state index in [0.717, 1.165) is 23.5 Å². The van der Waals surface area contributed by atoms with Gasteiger partial charge in [0.2, 0.25) is 0 Å². The average molecular weight is 437 g/mol. The number of carboxylic acids is 1. The van der Waals surface area contributed by atoms with Crippen molar-refractivity contribution in [1.29, 1.82) is 0 Å². The average Bonchev–Trinajstić information content (AvgIpc) is 2.83. The first-order chi connectivity index (χ1) is 15.5. The topological polar surface area (TPSA) is 37.3 Å². The van der Waals surface area contributed by atoms with Crippen molar-refractivity contribution in [2.45, 2.75) is 84.0 Å². The Kier molecular flexibility index (Phi) is 9.08. The number of hydrogen-bond acceptors (Lipinski definition) is 1. The van der Waals surface area contributed by atoms with Gasteiger partial charge in [-0.3, -0.25) is 0 Å². The Morgan fingerprint density at radius 2 is 1.72 bits per heavy atom. The lowest BCUT2D eigenvalue weighted by Gasteiger charge is -2.29. The van der Waals surface area contributed by atoms with E-state index < -0.39 is 5.97 Å². The maximum atomic E-state index is 14.3. The maximum Gasteiger partial charge on any atom is 0.336 e. The van der Waals surface area contributed by atoms with E-state index in [2.05, 4.69) is 13.0 Å². The summed E-state index contributed by atoms with van der Waals surface area (Å²) in [6.45, 7) is 4.27. The van der Waals surface area contributed by atoms with Gasteiger partial charge in [-0.2, -0.15) is 0 Å². The predicted molar refractivity (Wildman–Crippen MR) is 132 cm³/mol. The summed E-state index contributed by atoms with van der Waals surface area (Å²) in [4.78, 5) is 11.9. The molecule has 1 aliphatic carbocycles. The number of halogens is 1. The van der Waals surface area contributed by atoms with Crippen molar-refractivity contribution in [3.8, 4) is 11.1 Å². The molecule has 0 spiro atoms. The fourth-order valence-corrected chi connectivity index (χ4v) is 4.91. The maximum absolute atomic E-state index is 14.3. The lowest BCUT2D eigenvalue weighted by Crippen LogP contribution is -2.14. The molecule has 2 nitrogen and oxygen atoms in total. The molecule has 172 valence electrons. The molecule has 0 heterocycles. The van der Waals surface area contributed by atoms with E-state index in [0.29, 0.717) is 23.5 Å². The first-order valence-corrected chi connectivity index (χ1v) is 12.4. The van der Waals surface area contributed by atoms with Gasteiger partial charge in [0.05, 0.1) is 5.56 Å². The number of unbranched alkanes of at least 4 members (excludes halogenated alkanes) is 3. The molecule has 32 heavy (non-hydrogen) atoms. The smallest absolute Gasteiger partial charge is 0.336 e. The van der Waals surface area contributed by atoms with Crippen LogP contribution >= 0.6 is 0 Å². The Morgan fingerprint density at radius 3 is 2.34 bits per heavy atom. The van der Waals surface area contributed by atoms with Crippen molar-refractivity contribution in [2.24, 2.45) is 5.92 Å². The third-order valence-electron chi connectivity index (χ3n) is 6.89. The minimum Gasteiger partial charge on any atom is -0.478 e. The molecule has 2 aromatic rings. The fourth-order valence-electron chi connectivity index (χ4n) is 4.91. The molecule has 2 aromatic carbocycles. The first-order valence-electron chi connectivity index (χ1n) is 12.4. The van der Waals surface area contributed by atoms with Gasteiger partial charge in [-0.05, 0) is 72.8 Å². The Hall–Kier alpha value is -2.42. The van der Waals surface area contributed by atoms with E-state index >= 15 is 0 Å². The van der Waals surface area contributed by atoms with E-state index in [1.165, 1.54) is 56.9 Å². The number of benzene rings is 2. The number of carbonyl (C=O) groups is 1. The molecule has 1 saturated carbocycles. The molecule has 0 aliphatic heterocycles. The van der Waals surface area contributed by atoms with E-state index in [4.69, 9.17) is 0 Å². The normalized spacial score (nSPS) is 19.2. The minimum atomic E-state index is -0.927. The Morgan fingerprint density at radius 1 is 1.00 bits per heavy atom. The Bertz CT molecular complexity index is 905. The molecule has 0 unspecified atom stereocenters. The molecule has 0 bridgehead atoms. The number of aromatic carboxylic acids is 1. The predicted octanol–water partition coefficient (Wildman–Crippen LogP) is 9.02. The van der Waals surface area contributed by atoms with E-state index in [9.17, 15) is 14.3 Å². The monoisotopic (exact) mass is 436 g/mol. The van der Waals surface area contributed by atoms with Crippen LogP contribution in [0.3, 0.4) is 0 Å². The molecule has 0 atom stereocenters. The van der Waals surface area contributed by atoms with Gasteiger partial charge >= 0.3 is 5.97 Å². The molecule has 0 amide bonds. The summed E-state index contributed by atoms with van der Waals surface area (Å²) < 4.78 is 14.3. The van der Waals surface area contributed by atoms with Crippen molar-refractivity contribution in [3.05, 3.63) is 65.2 Å². The van der Waals surface area contributed by atoms with Crippen molar-refractivity contribution in [2.75, 3.05) is 0 Å². The van der Waals surface area contributed by atoms with Gasteiger partial charge in [0.25, 0.3) is 0 Å². The molecule has 1 fully saturated rings. The SMILES string of the molecule is CCCC=C(F)c1ccc(-c2cc(C3CCC(CCCCC)CC3)ccc2C(=O)O)cc1. The lowest BCUT2D eigenvalue weighted by molar-refractivity contribution is 0.0697. The number of carboxylic acid groups (broad SMARTS) is 1. The van der Waals surface area contributed by atoms with E-state index in [1.807, 2.05) is 25.1 Å². The standard InChI is InChI=1S/C29H37FO2/c1-3-5-7-8-21-10-12-22(13-11-21)25-18-19-26(29(31)32)27(20-25)23-14-16-24(17-15-23)28(30)9-6-4-2/h9,14-22H,3-8,10-13H2,1-2H3,(H,31,32). The largest absolute Gasteiger partial charge is 0.478 e. The molecule has 0 radical (unpaired) electrons. The van der Waals surface area contributed by atoms with Crippen LogP contribution in [0.5, 0.6) is 0 Å². The van der Waals surface area contributed by atoms with Crippen molar-refractivity contribution < 1.29 is 14.3 Å².